The molecule has 26 heavy (non-hydrogen) atoms. The monoisotopic (exact) mass is 427 g/mol. The van der Waals surface area contributed by atoms with Crippen LogP contribution in [-0.2, 0) is 4.79 Å². The van der Waals surface area contributed by atoms with Gasteiger partial charge in [-0.15, -0.1) is 0 Å². The molecular weight excluding hydrogens is 417 g/mol. The molecule has 0 heterocycles. The summed E-state index contributed by atoms with van der Waals surface area (Å²) in [7, 11) is 0. The lowest BCUT2D eigenvalue weighted by molar-refractivity contribution is -0.115. The lowest BCUT2D eigenvalue weighted by Crippen LogP contribution is -2.48. The van der Waals surface area contributed by atoms with Crippen molar-refractivity contribution in [1.29, 1.82) is 0 Å². The first kappa shape index (κ1) is 20.2. The van der Waals surface area contributed by atoms with E-state index in [-0.39, 0.29) is 5.11 Å². The van der Waals surface area contributed by atoms with E-state index in [9.17, 15) is 9.59 Å². The summed E-state index contributed by atoms with van der Waals surface area (Å²) in [5.41, 5.74) is 5.81. The van der Waals surface area contributed by atoms with Crippen LogP contribution < -0.4 is 16.2 Å². The van der Waals surface area contributed by atoms with Gasteiger partial charge in [0, 0.05) is 26.7 Å². The summed E-state index contributed by atoms with van der Waals surface area (Å²) in [6.07, 6.45) is 2.77. The molecular formula is C17H12Cl3N3O2S. The third-order valence-corrected chi connectivity index (χ3v) is 4.03. The molecule has 0 aromatic heterocycles. The van der Waals surface area contributed by atoms with E-state index in [0.717, 1.165) is 0 Å². The molecule has 2 amide bonds. The number of rotatable bonds is 3. The normalized spacial score (nSPS) is 10.4. The molecule has 0 fully saturated rings. The maximum Gasteiger partial charge on any atom is 0.269 e. The van der Waals surface area contributed by atoms with E-state index in [2.05, 4.69) is 16.2 Å². The number of hydrogen-bond acceptors (Lipinski definition) is 3. The van der Waals surface area contributed by atoms with Gasteiger partial charge in [0.05, 0.1) is 0 Å². The fourth-order valence-corrected chi connectivity index (χ4v) is 2.52. The van der Waals surface area contributed by atoms with Crippen LogP contribution in [-0.4, -0.2) is 16.9 Å². The highest BCUT2D eigenvalue weighted by atomic mass is 35.5. The van der Waals surface area contributed by atoms with Gasteiger partial charge in [0.2, 0.25) is 5.91 Å². The van der Waals surface area contributed by atoms with Crippen molar-refractivity contribution in [2.45, 2.75) is 0 Å². The first-order valence-corrected chi connectivity index (χ1v) is 8.69. The molecule has 2 aromatic carbocycles. The maximum atomic E-state index is 11.9. The largest absolute Gasteiger partial charge is 0.298 e. The maximum absolute atomic E-state index is 11.9. The molecule has 134 valence electrons. The molecule has 0 unspecified atom stereocenters. The smallest absolute Gasteiger partial charge is 0.269 e. The average molecular weight is 429 g/mol. The van der Waals surface area contributed by atoms with Crippen LogP contribution in [0.3, 0.4) is 0 Å². The Bertz CT molecular complexity index is 870. The van der Waals surface area contributed by atoms with Crippen LogP contribution >= 0.6 is 47.0 Å². The first-order valence-electron chi connectivity index (χ1n) is 7.15. The van der Waals surface area contributed by atoms with E-state index >= 15 is 0 Å². The van der Waals surface area contributed by atoms with Crippen molar-refractivity contribution in [2.75, 3.05) is 0 Å². The Morgan fingerprint density at radius 3 is 2.23 bits per heavy atom. The second-order valence-corrected chi connectivity index (χ2v) is 6.59. The molecule has 0 aliphatic carbocycles. The van der Waals surface area contributed by atoms with Gasteiger partial charge in [0.1, 0.15) is 0 Å². The third-order valence-electron chi connectivity index (χ3n) is 3.01. The van der Waals surface area contributed by atoms with Gasteiger partial charge in [-0.2, -0.15) is 0 Å². The van der Waals surface area contributed by atoms with Gasteiger partial charge >= 0.3 is 0 Å². The van der Waals surface area contributed by atoms with Crippen molar-refractivity contribution in [3.8, 4) is 0 Å². The average Bonchev–Trinajstić information content (AvgIpc) is 2.59. The number of benzene rings is 2. The van der Waals surface area contributed by atoms with Crippen LogP contribution in [0.5, 0.6) is 0 Å². The Kier molecular flexibility index (Phi) is 7.41. The molecule has 0 saturated heterocycles. The zero-order valence-corrected chi connectivity index (χ0v) is 16.1. The molecule has 0 aliphatic rings. The number of carbonyl (C=O) groups is 2. The zero-order chi connectivity index (χ0) is 19.1. The molecule has 9 heteroatoms. The standard InChI is InChI=1S/C17H12Cl3N3O2S/c18-12-5-2-11(3-6-12)16(25)22-23-17(26)21-15(24)8-4-10-1-7-13(19)9-14(10)20/h1-9H,(H,22,25)(H2,21,23,24,26). The Hall–Kier alpha value is -2.12. The van der Waals surface area contributed by atoms with Crippen molar-refractivity contribution in [3.63, 3.8) is 0 Å². The van der Waals surface area contributed by atoms with Gasteiger partial charge in [0.15, 0.2) is 5.11 Å². The van der Waals surface area contributed by atoms with Crippen LogP contribution in [0.4, 0.5) is 0 Å². The number of amides is 2. The number of hydrogen-bond donors (Lipinski definition) is 3. The lowest BCUT2D eigenvalue weighted by atomic mass is 10.2. The molecule has 3 N–H and O–H groups in total. The van der Waals surface area contributed by atoms with Crippen molar-refractivity contribution in [1.82, 2.24) is 16.2 Å². The summed E-state index contributed by atoms with van der Waals surface area (Å²) < 4.78 is 0. The molecule has 0 saturated carbocycles. The van der Waals surface area contributed by atoms with Crippen LogP contribution in [0.25, 0.3) is 6.08 Å². The predicted octanol–water partition coefficient (Wildman–Crippen LogP) is 4.00. The van der Waals surface area contributed by atoms with E-state index in [0.29, 0.717) is 26.2 Å². The second kappa shape index (κ2) is 9.54. The molecule has 2 rings (SSSR count). The van der Waals surface area contributed by atoms with E-state index < -0.39 is 11.8 Å². The Morgan fingerprint density at radius 1 is 0.923 bits per heavy atom. The summed E-state index contributed by atoms with van der Waals surface area (Å²) in [5.74, 6) is -0.920. The SMILES string of the molecule is O=C(C=Cc1ccc(Cl)cc1Cl)NC(=S)NNC(=O)c1ccc(Cl)cc1. The van der Waals surface area contributed by atoms with Crippen molar-refractivity contribution in [2.24, 2.45) is 0 Å². The second-order valence-electron chi connectivity index (χ2n) is 4.90. The molecule has 0 aliphatic heterocycles. The summed E-state index contributed by atoms with van der Waals surface area (Å²) in [6.45, 7) is 0. The Morgan fingerprint density at radius 2 is 1.58 bits per heavy atom. The van der Waals surface area contributed by atoms with Gasteiger partial charge in [-0.1, -0.05) is 40.9 Å². The zero-order valence-electron chi connectivity index (χ0n) is 13.1. The van der Waals surface area contributed by atoms with Crippen molar-refractivity contribution < 1.29 is 9.59 Å². The minimum absolute atomic E-state index is 0.0656. The first-order chi connectivity index (χ1) is 12.3. The fraction of sp³-hybridized carbons (Fsp3) is 0. The molecule has 0 radical (unpaired) electrons. The van der Waals surface area contributed by atoms with Crippen LogP contribution in [0.2, 0.25) is 15.1 Å². The van der Waals surface area contributed by atoms with Crippen LogP contribution in [0, 0.1) is 0 Å². The van der Waals surface area contributed by atoms with Crippen molar-refractivity contribution >= 4 is 70.0 Å². The number of halogens is 3. The van der Waals surface area contributed by atoms with Gasteiger partial charge in [-0.25, -0.2) is 0 Å². The topological polar surface area (TPSA) is 70.2 Å². The molecule has 0 bridgehead atoms. The molecule has 0 spiro atoms. The highest BCUT2D eigenvalue weighted by Crippen LogP contribution is 2.21. The van der Waals surface area contributed by atoms with Crippen LogP contribution in [0.1, 0.15) is 15.9 Å². The number of nitrogens with one attached hydrogen (secondary N) is 3. The quantitative estimate of drug-likeness (QED) is 0.393. The fourth-order valence-electron chi connectivity index (χ4n) is 1.77. The van der Waals surface area contributed by atoms with E-state index in [1.165, 1.54) is 12.2 Å². The summed E-state index contributed by atoms with van der Waals surface area (Å²) in [5, 5.41) is 3.75. The number of thiocarbonyl (C=S) groups is 1. The summed E-state index contributed by atoms with van der Waals surface area (Å²) in [6, 6.07) is 11.2. The minimum atomic E-state index is -0.491. The molecule has 2 aromatic rings. The van der Waals surface area contributed by atoms with E-state index in [1.54, 1.807) is 42.5 Å². The summed E-state index contributed by atoms with van der Waals surface area (Å²) in [4.78, 5) is 23.7. The molecule has 5 nitrogen and oxygen atoms in total. The van der Waals surface area contributed by atoms with Crippen LogP contribution in [0.15, 0.2) is 48.5 Å². The lowest BCUT2D eigenvalue weighted by Gasteiger charge is -2.09. The highest BCUT2D eigenvalue weighted by Gasteiger charge is 2.07. The van der Waals surface area contributed by atoms with E-state index in [1.807, 2.05) is 0 Å². The highest BCUT2D eigenvalue weighted by molar-refractivity contribution is 7.80. The van der Waals surface area contributed by atoms with Gasteiger partial charge in [0.25, 0.3) is 5.91 Å². The van der Waals surface area contributed by atoms with Gasteiger partial charge in [-0.3, -0.25) is 25.8 Å². The van der Waals surface area contributed by atoms with Gasteiger partial charge in [-0.05, 0) is 60.3 Å². The Balaban J connectivity index is 1.83. The third kappa shape index (κ3) is 6.31. The number of carbonyl (C=O) groups excluding carboxylic acids is 2. The van der Waals surface area contributed by atoms with E-state index in [4.69, 9.17) is 47.0 Å². The predicted molar refractivity (Wildman–Crippen MR) is 108 cm³/mol. The summed E-state index contributed by atoms with van der Waals surface area (Å²) >= 11 is 22.5. The van der Waals surface area contributed by atoms with Crippen molar-refractivity contribution in [3.05, 3.63) is 74.7 Å². The van der Waals surface area contributed by atoms with Gasteiger partial charge < -0.3 is 0 Å². The number of hydrazine groups is 1. The Labute approximate surface area is 170 Å². The molecule has 0 atom stereocenters. The minimum Gasteiger partial charge on any atom is -0.298 e.